The SMILES string of the molecule is Cc1cc(C(C)C)nc(NC2CC3CCC2C3)n1. The van der Waals surface area contributed by atoms with Crippen LogP contribution in [-0.4, -0.2) is 16.0 Å². The number of aromatic nitrogens is 2. The van der Waals surface area contributed by atoms with Crippen molar-refractivity contribution in [1.82, 2.24) is 9.97 Å². The van der Waals surface area contributed by atoms with Crippen LogP contribution < -0.4 is 5.32 Å². The van der Waals surface area contributed by atoms with Gasteiger partial charge in [-0.05, 0) is 50.0 Å². The molecule has 3 heteroatoms. The van der Waals surface area contributed by atoms with E-state index in [1.807, 2.05) is 0 Å². The second kappa shape index (κ2) is 4.52. The van der Waals surface area contributed by atoms with E-state index < -0.39 is 0 Å². The van der Waals surface area contributed by atoms with Gasteiger partial charge in [0.25, 0.3) is 0 Å². The second-order valence-electron chi connectivity index (χ2n) is 6.34. The van der Waals surface area contributed by atoms with Crippen LogP contribution in [0.15, 0.2) is 6.07 Å². The third-order valence-electron chi connectivity index (χ3n) is 4.52. The predicted molar refractivity (Wildman–Crippen MR) is 73.7 cm³/mol. The van der Waals surface area contributed by atoms with Crippen molar-refractivity contribution < 1.29 is 0 Å². The van der Waals surface area contributed by atoms with Crippen LogP contribution >= 0.6 is 0 Å². The van der Waals surface area contributed by atoms with Gasteiger partial charge in [0.2, 0.25) is 5.95 Å². The van der Waals surface area contributed by atoms with E-state index in [1.54, 1.807) is 0 Å². The number of rotatable bonds is 3. The summed E-state index contributed by atoms with van der Waals surface area (Å²) in [4.78, 5) is 9.20. The van der Waals surface area contributed by atoms with Gasteiger partial charge in [0.15, 0.2) is 0 Å². The molecule has 2 bridgehead atoms. The molecule has 3 nitrogen and oxygen atoms in total. The molecule has 0 amide bonds. The Labute approximate surface area is 109 Å². The van der Waals surface area contributed by atoms with Crippen LogP contribution in [0.5, 0.6) is 0 Å². The Morgan fingerprint density at radius 2 is 2.06 bits per heavy atom. The third-order valence-corrected chi connectivity index (χ3v) is 4.52. The monoisotopic (exact) mass is 245 g/mol. The second-order valence-corrected chi connectivity index (χ2v) is 6.34. The number of hydrogen-bond donors (Lipinski definition) is 1. The summed E-state index contributed by atoms with van der Waals surface area (Å²) in [5.74, 6) is 3.13. The largest absolute Gasteiger partial charge is 0.351 e. The summed E-state index contributed by atoms with van der Waals surface area (Å²) in [5, 5.41) is 3.59. The van der Waals surface area contributed by atoms with Crippen molar-refractivity contribution in [3.63, 3.8) is 0 Å². The average Bonchev–Trinajstić information content (AvgIpc) is 2.90. The first kappa shape index (κ1) is 11.9. The Kier molecular flexibility index (Phi) is 3.00. The van der Waals surface area contributed by atoms with Gasteiger partial charge in [0, 0.05) is 17.4 Å². The molecule has 1 aromatic heterocycles. The van der Waals surface area contributed by atoms with E-state index in [-0.39, 0.29) is 0 Å². The van der Waals surface area contributed by atoms with Crippen molar-refractivity contribution in [3.8, 4) is 0 Å². The van der Waals surface area contributed by atoms with Crippen LogP contribution in [-0.2, 0) is 0 Å². The van der Waals surface area contributed by atoms with E-state index in [9.17, 15) is 0 Å². The van der Waals surface area contributed by atoms with Crippen molar-refractivity contribution in [2.24, 2.45) is 11.8 Å². The van der Waals surface area contributed by atoms with E-state index in [2.05, 4.69) is 42.1 Å². The van der Waals surface area contributed by atoms with Gasteiger partial charge >= 0.3 is 0 Å². The standard InChI is InChI=1S/C15H23N3/c1-9(2)13-6-10(3)16-15(17-13)18-14-8-11-4-5-12(14)7-11/h6,9,11-12,14H,4-5,7-8H2,1-3H3,(H,16,17,18). The van der Waals surface area contributed by atoms with Gasteiger partial charge in [-0.15, -0.1) is 0 Å². The van der Waals surface area contributed by atoms with E-state index in [1.165, 1.54) is 25.7 Å². The van der Waals surface area contributed by atoms with Crippen LogP contribution in [0.2, 0.25) is 0 Å². The maximum absolute atomic E-state index is 4.66. The van der Waals surface area contributed by atoms with Crippen LogP contribution in [0, 0.1) is 18.8 Å². The van der Waals surface area contributed by atoms with Crippen LogP contribution in [0.1, 0.15) is 56.8 Å². The summed E-state index contributed by atoms with van der Waals surface area (Å²) in [7, 11) is 0. The van der Waals surface area contributed by atoms with Crippen molar-refractivity contribution in [1.29, 1.82) is 0 Å². The van der Waals surface area contributed by atoms with Gasteiger partial charge in [-0.1, -0.05) is 20.3 Å². The summed E-state index contributed by atoms with van der Waals surface area (Å²) in [6.45, 7) is 6.42. The van der Waals surface area contributed by atoms with Crippen LogP contribution in [0.4, 0.5) is 5.95 Å². The molecule has 18 heavy (non-hydrogen) atoms. The third kappa shape index (κ3) is 2.23. The maximum atomic E-state index is 4.66. The van der Waals surface area contributed by atoms with E-state index in [4.69, 9.17) is 0 Å². The Balaban J connectivity index is 1.76. The van der Waals surface area contributed by atoms with Crippen molar-refractivity contribution in [2.75, 3.05) is 5.32 Å². The first-order valence-corrected chi connectivity index (χ1v) is 7.24. The Morgan fingerprint density at radius 3 is 2.67 bits per heavy atom. The molecule has 0 saturated heterocycles. The highest BCUT2D eigenvalue weighted by Gasteiger charge is 2.39. The van der Waals surface area contributed by atoms with E-state index >= 15 is 0 Å². The lowest BCUT2D eigenvalue weighted by Crippen LogP contribution is -2.27. The van der Waals surface area contributed by atoms with Crippen molar-refractivity contribution >= 4 is 5.95 Å². The minimum absolute atomic E-state index is 0.465. The smallest absolute Gasteiger partial charge is 0.223 e. The molecule has 2 fully saturated rings. The molecule has 98 valence electrons. The van der Waals surface area contributed by atoms with Crippen LogP contribution in [0.25, 0.3) is 0 Å². The number of nitrogens with zero attached hydrogens (tertiary/aromatic N) is 2. The number of aryl methyl sites for hydroxylation is 1. The number of hydrogen-bond acceptors (Lipinski definition) is 3. The van der Waals surface area contributed by atoms with Gasteiger partial charge in [-0.3, -0.25) is 0 Å². The Bertz CT molecular complexity index is 441. The minimum Gasteiger partial charge on any atom is -0.351 e. The highest BCUT2D eigenvalue weighted by Crippen LogP contribution is 2.45. The molecule has 1 heterocycles. The predicted octanol–water partition coefficient (Wildman–Crippen LogP) is 3.51. The quantitative estimate of drug-likeness (QED) is 0.885. The van der Waals surface area contributed by atoms with Gasteiger partial charge in [-0.2, -0.15) is 0 Å². The summed E-state index contributed by atoms with van der Waals surface area (Å²) >= 11 is 0. The van der Waals surface area contributed by atoms with Gasteiger partial charge in [0.1, 0.15) is 0 Å². The Morgan fingerprint density at radius 1 is 1.22 bits per heavy atom. The molecule has 1 N–H and O–H groups in total. The molecule has 0 radical (unpaired) electrons. The molecular formula is C15H23N3. The van der Waals surface area contributed by atoms with Crippen molar-refractivity contribution in [2.45, 2.75) is 58.4 Å². The fourth-order valence-electron chi connectivity index (χ4n) is 3.54. The lowest BCUT2D eigenvalue weighted by molar-refractivity contribution is 0.437. The molecule has 2 saturated carbocycles. The van der Waals surface area contributed by atoms with E-state index in [0.717, 1.165) is 29.2 Å². The zero-order valence-corrected chi connectivity index (χ0v) is 11.6. The highest BCUT2D eigenvalue weighted by atomic mass is 15.1. The van der Waals surface area contributed by atoms with Crippen molar-refractivity contribution in [3.05, 3.63) is 17.5 Å². The first-order chi connectivity index (χ1) is 8.61. The molecule has 0 spiro atoms. The molecule has 3 atom stereocenters. The molecule has 3 rings (SSSR count). The maximum Gasteiger partial charge on any atom is 0.223 e. The highest BCUT2D eigenvalue weighted by molar-refractivity contribution is 5.31. The summed E-state index contributed by atoms with van der Waals surface area (Å²) in [5.41, 5.74) is 2.22. The number of anilines is 1. The van der Waals surface area contributed by atoms with Gasteiger partial charge in [0.05, 0.1) is 0 Å². The first-order valence-electron chi connectivity index (χ1n) is 7.24. The fourth-order valence-corrected chi connectivity index (χ4v) is 3.54. The lowest BCUT2D eigenvalue weighted by atomic mass is 9.95. The molecule has 1 aromatic rings. The minimum atomic E-state index is 0.465. The zero-order chi connectivity index (χ0) is 12.7. The number of nitrogens with one attached hydrogen (secondary N) is 1. The molecule has 0 aromatic carbocycles. The molecular weight excluding hydrogens is 222 g/mol. The summed E-state index contributed by atoms with van der Waals surface area (Å²) in [6, 6.07) is 2.71. The molecule has 0 aliphatic heterocycles. The zero-order valence-electron chi connectivity index (χ0n) is 11.6. The Hall–Kier alpha value is -1.12. The van der Waals surface area contributed by atoms with Gasteiger partial charge in [-0.25, -0.2) is 9.97 Å². The van der Waals surface area contributed by atoms with E-state index in [0.29, 0.717) is 12.0 Å². The summed E-state index contributed by atoms with van der Waals surface area (Å²) < 4.78 is 0. The topological polar surface area (TPSA) is 37.8 Å². The molecule has 2 aliphatic carbocycles. The molecule has 3 unspecified atom stereocenters. The van der Waals surface area contributed by atoms with Crippen LogP contribution in [0.3, 0.4) is 0 Å². The fraction of sp³-hybridized carbons (Fsp3) is 0.733. The molecule has 2 aliphatic rings. The average molecular weight is 245 g/mol. The summed E-state index contributed by atoms with van der Waals surface area (Å²) in [6.07, 6.45) is 5.57. The lowest BCUT2D eigenvalue weighted by Gasteiger charge is -2.23. The van der Waals surface area contributed by atoms with Gasteiger partial charge < -0.3 is 5.32 Å². The normalized spacial score (nSPS) is 30.1. The number of fused-ring (bicyclic) bond motifs is 2.